The van der Waals surface area contributed by atoms with E-state index >= 15 is 0 Å². The van der Waals surface area contributed by atoms with Crippen molar-refractivity contribution < 1.29 is 37.8 Å². The van der Waals surface area contributed by atoms with Gasteiger partial charge in [-0.3, -0.25) is 9.59 Å². The second-order valence-electron chi connectivity index (χ2n) is 6.14. The normalized spacial score (nSPS) is 17.6. The Kier molecular flexibility index (Phi) is 6.98. The minimum atomic E-state index is -3.14. The van der Waals surface area contributed by atoms with Gasteiger partial charge in [0.25, 0.3) is 0 Å². The van der Waals surface area contributed by atoms with Crippen LogP contribution in [0.5, 0.6) is 0 Å². The molecule has 1 saturated heterocycles. The number of carbonyl (C=O) groups excluding carboxylic acids is 3. The van der Waals surface area contributed by atoms with Crippen molar-refractivity contribution in [3.8, 4) is 0 Å². The number of carboxylic acids is 1. The third-order valence-corrected chi connectivity index (χ3v) is 4.33. The maximum absolute atomic E-state index is 13.3. The van der Waals surface area contributed by atoms with Crippen LogP contribution in [0.15, 0.2) is 30.3 Å². The topological polar surface area (TPSA) is 101 Å². The van der Waals surface area contributed by atoms with Crippen LogP contribution in [0.25, 0.3) is 0 Å². The molecule has 1 fully saturated rings. The minimum Gasteiger partial charge on any atom is -0.480 e. The zero-order valence-electron chi connectivity index (χ0n) is 14.3. The molecule has 1 aromatic rings. The van der Waals surface area contributed by atoms with Crippen LogP contribution in [0, 0.1) is 5.92 Å². The average molecular weight is 383 g/mol. The third kappa shape index (κ3) is 5.32. The minimum absolute atomic E-state index is 0.142. The van der Waals surface area contributed by atoms with E-state index in [4.69, 9.17) is 9.84 Å². The van der Waals surface area contributed by atoms with Crippen LogP contribution in [0.4, 0.5) is 8.78 Å². The van der Waals surface area contributed by atoms with Gasteiger partial charge in [-0.15, -0.1) is 0 Å². The summed E-state index contributed by atoms with van der Waals surface area (Å²) in [6.45, 7) is -0.749. The monoisotopic (exact) mass is 383 g/mol. The van der Waals surface area contributed by atoms with Gasteiger partial charge in [-0.1, -0.05) is 18.2 Å². The maximum atomic E-state index is 13.3. The number of aliphatic carboxylic acids is 1. The van der Waals surface area contributed by atoms with E-state index in [0.717, 1.165) is 4.90 Å². The molecule has 1 aromatic carbocycles. The smallest absolute Gasteiger partial charge is 0.338 e. The van der Waals surface area contributed by atoms with E-state index in [1.807, 2.05) is 0 Å². The molecule has 1 amide bonds. The van der Waals surface area contributed by atoms with Gasteiger partial charge in [-0.2, -0.15) is 0 Å². The number of carbonyl (C=O) groups is 4. The van der Waals surface area contributed by atoms with E-state index in [-0.39, 0.29) is 18.5 Å². The van der Waals surface area contributed by atoms with Crippen LogP contribution in [-0.4, -0.2) is 59.3 Å². The lowest BCUT2D eigenvalue weighted by Gasteiger charge is -2.23. The summed E-state index contributed by atoms with van der Waals surface area (Å²) in [5.41, 5.74) is 0.163. The molecule has 0 aromatic heterocycles. The van der Waals surface area contributed by atoms with Crippen LogP contribution in [0.2, 0.25) is 0 Å². The summed E-state index contributed by atoms with van der Waals surface area (Å²) in [6, 6.07) is 6.65. The highest BCUT2D eigenvalue weighted by Crippen LogP contribution is 2.23. The molecule has 27 heavy (non-hydrogen) atoms. The van der Waals surface area contributed by atoms with Crippen molar-refractivity contribution in [3.63, 3.8) is 0 Å². The fourth-order valence-electron chi connectivity index (χ4n) is 2.87. The second kappa shape index (κ2) is 9.20. The number of benzene rings is 1. The van der Waals surface area contributed by atoms with E-state index in [0.29, 0.717) is 6.42 Å². The molecule has 7 nitrogen and oxygen atoms in total. The molecule has 0 bridgehead atoms. The largest absolute Gasteiger partial charge is 0.480 e. The Labute approximate surface area is 153 Å². The standard InChI is InChI=1S/C18H19F2NO6/c19-16(20)12(9-15(23)21-8-4-7-13(21)17(24)25)14(22)10-27-18(26)11-5-2-1-3-6-11/h1-3,5-6,12-13,16H,4,7-10H2,(H,24,25)/t12?,13-/m0/s1. The Hall–Kier alpha value is -2.84. The predicted molar refractivity (Wildman–Crippen MR) is 88.2 cm³/mol. The summed E-state index contributed by atoms with van der Waals surface area (Å²) in [5, 5.41) is 9.07. The Morgan fingerprint density at radius 1 is 1.19 bits per heavy atom. The van der Waals surface area contributed by atoms with Crippen molar-refractivity contribution in [3.05, 3.63) is 35.9 Å². The first-order valence-corrected chi connectivity index (χ1v) is 8.36. The molecule has 1 aliphatic heterocycles. The molecule has 0 radical (unpaired) electrons. The zero-order chi connectivity index (χ0) is 20.0. The van der Waals surface area contributed by atoms with Crippen molar-refractivity contribution in [2.24, 2.45) is 5.92 Å². The summed E-state index contributed by atoms with van der Waals surface area (Å²) >= 11 is 0. The number of ether oxygens (including phenoxy) is 1. The lowest BCUT2D eigenvalue weighted by molar-refractivity contribution is -0.150. The van der Waals surface area contributed by atoms with Crippen LogP contribution in [-0.2, 0) is 19.1 Å². The number of hydrogen-bond donors (Lipinski definition) is 1. The van der Waals surface area contributed by atoms with Gasteiger partial charge < -0.3 is 14.7 Å². The van der Waals surface area contributed by atoms with Crippen molar-refractivity contribution in [1.82, 2.24) is 4.90 Å². The molecular formula is C18H19F2NO6. The van der Waals surface area contributed by atoms with E-state index < -0.39 is 55.0 Å². The zero-order valence-corrected chi connectivity index (χ0v) is 14.3. The lowest BCUT2D eigenvalue weighted by Crippen LogP contribution is -2.42. The fraction of sp³-hybridized carbons (Fsp3) is 0.444. The average Bonchev–Trinajstić information content (AvgIpc) is 3.14. The van der Waals surface area contributed by atoms with Gasteiger partial charge >= 0.3 is 11.9 Å². The molecule has 1 N–H and O–H groups in total. The Bertz CT molecular complexity index is 709. The third-order valence-electron chi connectivity index (χ3n) is 4.33. The van der Waals surface area contributed by atoms with Crippen molar-refractivity contribution >= 4 is 23.6 Å². The van der Waals surface area contributed by atoms with Gasteiger partial charge in [0.05, 0.1) is 11.5 Å². The predicted octanol–water partition coefficient (Wildman–Crippen LogP) is 1.76. The number of nitrogens with zero attached hydrogens (tertiary/aromatic N) is 1. The number of hydrogen-bond acceptors (Lipinski definition) is 5. The summed E-state index contributed by atoms with van der Waals surface area (Å²) in [6.07, 6.45) is -3.28. The summed E-state index contributed by atoms with van der Waals surface area (Å²) in [4.78, 5) is 48.2. The molecule has 0 spiro atoms. The van der Waals surface area contributed by atoms with E-state index in [1.54, 1.807) is 18.2 Å². The van der Waals surface area contributed by atoms with Crippen LogP contribution in [0.3, 0.4) is 0 Å². The highest BCUT2D eigenvalue weighted by molar-refractivity contribution is 5.93. The second-order valence-corrected chi connectivity index (χ2v) is 6.14. The number of rotatable bonds is 8. The molecule has 9 heteroatoms. The Balaban J connectivity index is 1.95. The molecule has 1 aliphatic rings. The van der Waals surface area contributed by atoms with Gasteiger partial charge in [-0.05, 0) is 25.0 Å². The summed E-state index contributed by atoms with van der Waals surface area (Å²) < 4.78 is 31.2. The number of alkyl halides is 2. The first kappa shape index (κ1) is 20.5. The van der Waals surface area contributed by atoms with E-state index in [9.17, 15) is 28.0 Å². The molecule has 2 rings (SSSR count). The van der Waals surface area contributed by atoms with Gasteiger partial charge in [0.15, 0.2) is 12.4 Å². The maximum Gasteiger partial charge on any atom is 0.338 e. The number of carboxylic acid groups (broad SMARTS) is 1. The van der Waals surface area contributed by atoms with Crippen molar-refractivity contribution in [2.75, 3.05) is 13.2 Å². The first-order chi connectivity index (χ1) is 12.8. The summed E-state index contributed by atoms with van der Waals surface area (Å²) in [7, 11) is 0. The molecule has 0 saturated carbocycles. The molecule has 2 atom stereocenters. The fourth-order valence-corrected chi connectivity index (χ4v) is 2.87. The quantitative estimate of drug-likeness (QED) is 0.687. The van der Waals surface area contributed by atoms with Crippen LogP contribution < -0.4 is 0 Å². The van der Waals surface area contributed by atoms with Crippen LogP contribution in [0.1, 0.15) is 29.6 Å². The number of Topliss-reactive ketones (excluding diaryl/α,β-unsaturated/α-hetero) is 1. The molecule has 1 unspecified atom stereocenters. The van der Waals surface area contributed by atoms with E-state index in [2.05, 4.69) is 0 Å². The highest BCUT2D eigenvalue weighted by Gasteiger charge is 2.38. The van der Waals surface area contributed by atoms with Gasteiger partial charge in [0.2, 0.25) is 12.3 Å². The highest BCUT2D eigenvalue weighted by atomic mass is 19.3. The van der Waals surface area contributed by atoms with Crippen molar-refractivity contribution in [1.29, 1.82) is 0 Å². The molecule has 1 heterocycles. The Morgan fingerprint density at radius 2 is 1.85 bits per heavy atom. The lowest BCUT2D eigenvalue weighted by atomic mass is 10.00. The number of likely N-dealkylation sites (tertiary alicyclic amines) is 1. The number of halogens is 2. The van der Waals surface area contributed by atoms with Crippen LogP contribution >= 0.6 is 0 Å². The number of amides is 1. The first-order valence-electron chi connectivity index (χ1n) is 8.36. The van der Waals surface area contributed by atoms with Gasteiger partial charge in [-0.25, -0.2) is 18.4 Å². The molecular weight excluding hydrogens is 364 g/mol. The molecule has 146 valence electrons. The van der Waals surface area contributed by atoms with Gasteiger partial charge in [0, 0.05) is 13.0 Å². The van der Waals surface area contributed by atoms with Gasteiger partial charge in [0.1, 0.15) is 6.04 Å². The van der Waals surface area contributed by atoms with E-state index in [1.165, 1.54) is 12.1 Å². The Morgan fingerprint density at radius 3 is 2.44 bits per heavy atom. The SMILES string of the molecule is O=C(OCC(=O)C(CC(=O)N1CCC[C@H]1C(=O)O)C(F)F)c1ccccc1. The summed E-state index contributed by atoms with van der Waals surface area (Å²) in [5.74, 6) is -5.93. The number of ketones is 1. The molecule has 0 aliphatic carbocycles. The van der Waals surface area contributed by atoms with Crippen molar-refractivity contribution in [2.45, 2.75) is 31.7 Å². The number of esters is 1.